The van der Waals surface area contributed by atoms with Gasteiger partial charge in [-0.1, -0.05) is 31.2 Å². The van der Waals surface area contributed by atoms with Gasteiger partial charge in [-0.05, 0) is 56.7 Å². The Hall–Kier alpha value is -0.860. The van der Waals surface area contributed by atoms with Gasteiger partial charge in [0.25, 0.3) is 0 Å². The summed E-state index contributed by atoms with van der Waals surface area (Å²) in [6.45, 7) is 7.64. The van der Waals surface area contributed by atoms with E-state index in [-0.39, 0.29) is 5.60 Å². The molecule has 0 saturated heterocycles. The van der Waals surface area contributed by atoms with Gasteiger partial charge in [-0.2, -0.15) is 0 Å². The standard InChI is InChI=1S/C17H27NO/c1-5-10-18-16(17(2,3)19-4)12-14-11-13-8-6-7-9-15(13)14/h6-9,14,16,18H,5,10-12H2,1-4H3. The third-order valence-corrected chi connectivity index (χ3v) is 4.49. The van der Waals surface area contributed by atoms with Gasteiger partial charge >= 0.3 is 0 Å². The van der Waals surface area contributed by atoms with E-state index < -0.39 is 0 Å². The number of fused-ring (bicyclic) bond motifs is 1. The summed E-state index contributed by atoms with van der Waals surface area (Å²) >= 11 is 0. The van der Waals surface area contributed by atoms with Crippen molar-refractivity contribution in [2.75, 3.05) is 13.7 Å². The van der Waals surface area contributed by atoms with Crippen LogP contribution in [0.15, 0.2) is 24.3 Å². The highest BCUT2D eigenvalue weighted by Gasteiger charge is 2.35. The van der Waals surface area contributed by atoms with Crippen molar-refractivity contribution in [2.24, 2.45) is 0 Å². The van der Waals surface area contributed by atoms with Gasteiger partial charge in [-0.15, -0.1) is 0 Å². The fraction of sp³-hybridized carbons (Fsp3) is 0.647. The molecule has 1 aromatic rings. The van der Waals surface area contributed by atoms with Gasteiger partial charge in [0.1, 0.15) is 0 Å². The third-order valence-electron chi connectivity index (χ3n) is 4.49. The van der Waals surface area contributed by atoms with Crippen LogP contribution >= 0.6 is 0 Å². The van der Waals surface area contributed by atoms with Crippen molar-refractivity contribution in [1.82, 2.24) is 5.32 Å². The lowest BCUT2D eigenvalue weighted by molar-refractivity contribution is -0.0149. The van der Waals surface area contributed by atoms with Gasteiger partial charge in [-0.3, -0.25) is 0 Å². The Morgan fingerprint density at radius 2 is 2.11 bits per heavy atom. The monoisotopic (exact) mass is 261 g/mol. The lowest BCUT2D eigenvalue weighted by Crippen LogP contribution is -2.49. The molecule has 0 bridgehead atoms. The largest absolute Gasteiger partial charge is 0.377 e. The van der Waals surface area contributed by atoms with Crippen LogP contribution in [0.25, 0.3) is 0 Å². The van der Waals surface area contributed by atoms with E-state index in [1.54, 1.807) is 0 Å². The third kappa shape index (κ3) is 3.18. The average molecular weight is 261 g/mol. The molecule has 1 aliphatic rings. The summed E-state index contributed by atoms with van der Waals surface area (Å²) in [5.41, 5.74) is 2.95. The van der Waals surface area contributed by atoms with Crippen LogP contribution < -0.4 is 5.32 Å². The van der Waals surface area contributed by atoms with Gasteiger partial charge in [0.15, 0.2) is 0 Å². The molecule has 1 aromatic carbocycles. The highest BCUT2D eigenvalue weighted by atomic mass is 16.5. The first kappa shape index (κ1) is 14.5. The number of hydrogen-bond donors (Lipinski definition) is 1. The van der Waals surface area contributed by atoms with Gasteiger partial charge in [0.2, 0.25) is 0 Å². The maximum absolute atomic E-state index is 5.69. The van der Waals surface area contributed by atoms with Crippen LogP contribution in [0.3, 0.4) is 0 Å². The number of ether oxygens (including phenoxy) is 1. The molecular weight excluding hydrogens is 234 g/mol. The summed E-state index contributed by atoms with van der Waals surface area (Å²) in [4.78, 5) is 0. The number of nitrogens with one attached hydrogen (secondary N) is 1. The predicted molar refractivity (Wildman–Crippen MR) is 80.7 cm³/mol. The molecule has 2 heteroatoms. The summed E-state index contributed by atoms with van der Waals surface area (Å²) in [5, 5.41) is 3.67. The van der Waals surface area contributed by atoms with Crippen molar-refractivity contribution >= 4 is 0 Å². The van der Waals surface area contributed by atoms with E-state index in [1.807, 2.05) is 7.11 Å². The molecule has 0 amide bonds. The van der Waals surface area contributed by atoms with Gasteiger partial charge in [-0.25, -0.2) is 0 Å². The van der Waals surface area contributed by atoms with E-state index in [4.69, 9.17) is 4.74 Å². The molecule has 2 atom stereocenters. The van der Waals surface area contributed by atoms with E-state index in [2.05, 4.69) is 50.4 Å². The van der Waals surface area contributed by atoms with Crippen molar-refractivity contribution in [1.29, 1.82) is 0 Å². The summed E-state index contributed by atoms with van der Waals surface area (Å²) < 4.78 is 5.69. The number of hydrogen-bond acceptors (Lipinski definition) is 2. The zero-order valence-electron chi connectivity index (χ0n) is 12.7. The maximum atomic E-state index is 5.69. The maximum Gasteiger partial charge on any atom is 0.0775 e. The lowest BCUT2D eigenvalue weighted by atomic mass is 9.72. The number of methoxy groups -OCH3 is 1. The Bertz CT molecular complexity index is 413. The molecule has 0 radical (unpaired) electrons. The first-order valence-electron chi connectivity index (χ1n) is 7.44. The van der Waals surface area contributed by atoms with Crippen molar-refractivity contribution in [3.8, 4) is 0 Å². The molecular formula is C17H27NO. The average Bonchev–Trinajstić information content (AvgIpc) is 2.39. The van der Waals surface area contributed by atoms with Crippen LogP contribution in [0, 0.1) is 0 Å². The van der Waals surface area contributed by atoms with Crippen LogP contribution in [0.2, 0.25) is 0 Å². The fourth-order valence-corrected chi connectivity index (χ4v) is 2.93. The Morgan fingerprint density at radius 1 is 1.37 bits per heavy atom. The Balaban J connectivity index is 2.02. The second-order valence-electron chi connectivity index (χ2n) is 6.15. The second-order valence-corrected chi connectivity index (χ2v) is 6.15. The van der Waals surface area contributed by atoms with Crippen molar-refractivity contribution in [2.45, 2.75) is 57.6 Å². The molecule has 1 N–H and O–H groups in total. The van der Waals surface area contributed by atoms with Crippen molar-refractivity contribution in [3.05, 3.63) is 35.4 Å². The molecule has 1 aliphatic carbocycles. The Labute approximate surface area is 117 Å². The van der Waals surface area contributed by atoms with Gasteiger partial charge < -0.3 is 10.1 Å². The topological polar surface area (TPSA) is 21.3 Å². The normalized spacial score (nSPS) is 19.7. The van der Waals surface area contributed by atoms with E-state index in [9.17, 15) is 0 Å². The fourth-order valence-electron chi connectivity index (χ4n) is 2.93. The number of rotatable bonds is 7. The first-order chi connectivity index (χ1) is 9.08. The van der Waals surface area contributed by atoms with E-state index >= 15 is 0 Å². The number of benzene rings is 1. The van der Waals surface area contributed by atoms with Crippen LogP contribution in [-0.4, -0.2) is 25.3 Å². The highest BCUT2D eigenvalue weighted by Crippen LogP contribution is 2.39. The first-order valence-corrected chi connectivity index (χ1v) is 7.44. The highest BCUT2D eigenvalue weighted by molar-refractivity contribution is 5.40. The van der Waals surface area contributed by atoms with Crippen molar-refractivity contribution in [3.63, 3.8) is 0 Å². The van der Waals surface area contributed by atoms with Gasteiger partial charge in [0, 0.05) is 13.2 Å². The molecule has 0 heterocycles. The van der Waals surface area contributed by atoms with Crippen LogP contribution in [0.1, 0.15) is 50.7 Å². The summed E-state index contributed by atoms with van der Waals surface area (Å²) in [6.07, 6.45) is 3.55. The van der Waals surface area contributed by atoms with E-state index in [0.29, 0.717) is 12.0 Å². The molecule has 2 unspecified atom stereocenters. The molecule has 2 nitrogen and oxygen atoms in total. The quantitative estimate of drug-likeness (QED) is 0.811. The van der Waals surface area contributed by atoms with E-state index in [1.165, 1.54) is 17.5 Å². The SMILES string of the molecule is CCCNC(CC1Cc2ccccc21)C(C)(C)OC. The molecule has 19 heavy (non-hydrogen) atoms. The molecule has 0 spiro atoms. The Kier molecular flexibility index (Phi) is 4.64. The molecule has 2 rings (SSSR count). The minimum absolute atomic E-state index is 0.111. The smallest absolute Gasteiger partial charge is 0.0775 e. The zero-order chi connectivity index (χ0) is 13.9. The van der Waals surface area contributed by atoms with Crippen LogP contribution in [0.5, 0.6) is 0 Å². The second kappa shape index (κ2) is 6.06. The minimum Gasteiger partial charge on any atom is -0.377 e. The van der Waals surface area contributed by atoms with Crippen LogP contribution in [0.4, 0.5) is 0 Å². The van der Waals surface area contributed by atoms with Crippen LogP contribution in [-0.2, 0) is 11.2 Å². The summed E-state index contributed by atoms with van der Waals surface area (Å²) in [5.74, 6) is 0.694. The molecule has 0 fully saturated rings. The zero-order valence-corrected chi connectivity index (χ0v) is 12.7. The summed E-state index contributed by atoms with van der Waals surface area (Å²) in [6, 6.07) is 9.24. The van der Waals surface area contributed by atoms with E-state index in [0.717, 1.165) is 19.4 Å². The summed E-state index contributed by atoms with van der Waals surface area (Å²) in [7, 11) is 1.81. The molecule has 0 saturated carbocycles. The molecule has 0 aliphatic heterocycles. The Morgan fingerprint density at radius 3 is 2.74 bits per heavy atom. The lowest BCUT2D eigenvalue weighted by Gasteiger charge is -2.39. The predicted octanol–water partition coefficient (Wildman–Crippen LogP) is 3.51. The van der Waals surface area contributed by atoms with Gasteiger partial charge in [0.05, 0.1) is 5.60 Å². The van der Waals surface area contributed by atoms with Crippen molar-refractivity contribution < 1.29 is 4.74 Å². The minimum atomic E-state index is -0.111. The molecule has 106 valence electrons. The molecule has 0 aromatic heterocycles.